The number of fused-ring (bicyclic) bond motifs is 1. The van der Waals surface area contributed by atoms with Crippen LogP contribution in [0.3, 0.4) is 0 Å². The fraction of sp³-hybridized carbons (Fsp3) is 0.375. The number of rotatable bonds is 4. The Bertz CT molecular complexity index is 647. The molecule has 0 N–H and O–H groups in total. The normalized spacial score (nSPS) is 14.9. The lowest BCUT2D eigenvalue weighted by Crippen LogP contribution is -1.98. The van der Waals surface area contributed by atoms with E-state index in [1.165, 1.54) is 34.6 Å². The molecule has 2 nitrogen and oxygen atoms in total. The molecular weight excluding hydrogens is 372 g/mol. The first kappa shape index (κ1) is 15.2. The number of alkyl halides is 1. The predicted octanol–water partition coefficient (Wildman–Crippen LogP) is 5.39. The van der Waals surface area contributed by atoms with Gasteiger partial charge in [0.05, 0.1) is 19.0 Å². The Morgan fingerprint density at radius 3 is 2.71 bits per heavy atom. The van der Waals surface area contributed by atoms with Gasteiger partial charge in [-0.3, -0.25) is 0 Å². The second-order valence-corrected chi connectivity index (χ2v) is 7.48. The van der Waals surface area contributed by atoms with Crippen LogP contribution in [0.2, 0.25) is 5.02 Å². The molecule has 0 bridgehead atoms. The highest BCUT2D eigenvalue weighted by molar-refractivity contribution is 9.09. The first-order chi connectivity index (χ1) is 10.2. The molecule has 0 fully saturated rings. The van der Waals surface area contributed by atoms with E-state index in [2.05, 4.69) is 22.0 Å². The molecule has 0 saturated heterocycles. The van der Waals surface area contributed by atoms with E-state index in [0.29, 0.717) is 16.5 Å². The Morgan fingerprint density at radius 2 is 2.05 bits per heavy atom. The molecule has 1 aromatic heterocycles. The van der Waals surface area contributed by atoms with Crippen molar-refractivity contribution in [1.29, 1.82) is 0 Å². The highest BCUT2D eigenvalue weighted by atomic mass is 79.9. The van der Waals surface area contributed by atoms with Crippen molar-refractivity contribution >= 4 is 38.9 Å². The summed E-state index contributed by atoms with van der Waals surface area (Å²) in [5, 5.41) is 0.519. The van der Waals surface area contributed by atoms with Crippen LogP contribution in [0.4, 0.5) is 0 Å². The fourth-order valence-corrected chi connectivity index (χ4v) is 5.10. The molecule has 0 spiro atoms. The fourth-order valence-electron chi connectivity index (χ4n) is 2.75. The van der Waals surface area contributed by atoms with Gasteiger partial charge in [0.15, 0.2) is 0 Å². The summed E-state index contributed by atoms with van der Waals surface area (Å²) in [4.78, 5) is 2.92. The van der Waals surface area contributed by atoms with Crippen LogP contribution in [0.1, 0.15) is 32.1 Å². The van der Waals surface area contributed by atoms with Gasteiger partial charge in [0.2, 0.25) is 0 Å². The van der Waals surface area contributed by atoms with Gasteiger partial charge in [0.1, 0.15) is 16.5 Å². The van der Waals surface area contributed by atoms with E-state index in [1.54, 1.807) is 14.2 Å². The molecule has 1 aliphatic rings. The molecule has 1 aliphatic carbocycles. The number of halogens is 2. The second kappa shape index (κ2) is 6.19. The minimum absolute atomic E-state index is 0.0893. The molecule has 0 aliphatic heterocycles. The minimum Gasteiger partial charge on any atom is -0.495 e. The molecule has 21 heavy (non-hydrogen) atoms. The Labute approximate surface area is 142 Å². The lowest BCUT2D eigenvalue weighted by molar-refractivity contribution is 0.392. The van der Waals surface area contributed by atoms with Crippen molar-refractivity contribution in [3.8, 4) is 11.5 Å². The van der Waals surface area contributed by atoms with E-state index in [-0.39, 0.29) is 4.83 Å². The monoisotopic (exact) mass is 386 g/mol. The summed E-state index contributed by atoms with van der Waals surface area (Å²) in [6.07, 6.45) is 3.69. The van der Waals surface area contributed by atoms with Crippen molar-refractivity contribution < 1.29 is 9.47 Å². The van der Waals surface area contributed by atoms with Crippen molar-refractivity contribution in [2.24, 2.45) is 0 Å². The second-order valence-electron chi connectivity index (χ2n) is 5.02. The van der Waals surface area contributed by atoms with Crippen molar-refractivity contribution in [2.75, 3.05) is 14.2 Å². The molecule has 5 heteroatoms. The Hall–Kier alpha value is -0.710. The number of aryl methyl sites for hydroxylation is 2. The molecule has 1 unspecified atom stereocenters. The topological polar surface area (TPSA) is 18.5 Å². The first-order valence-electron chi connectivity index (χ1n) is 6.81. The number of hydrogen-bond acceptors (Lipinski definition) is 3. The zero-order valence-electron chi connectivity index (χ0n) is 11.9. The zero-order valence-corrected chi connectivity index (χ0v) is 15.1. The molecule has 0 saturated carbocycles. The van der Waals surface area contributed by atoms with E-state index < -0.39 is 0 Å². The van der Waals surface area contributed by atoms with Gasteiger partial charge in [-0.15, -0.1) is 11.3 Å². The summed E-state index contributed by atoms with van der Waals surface area (Å²) in [7, 11) is 3.24. The Balaban J connectivity index is 2.00. The first-order valence-corrected chi connectivity index (χ1v) is 8.92. The standard InChI is InChI=1S/C16H16BrClO2S/c1-19-11-7-6-10(16(20-2)15(11)18)14(17)13-8-9-4-3-5-12(9)21-13/h6-8,14H,3-5H2,1-2H3. The SMILES string of the molecule is COc1ccc(C(Br)c2cc3c(s2)CCC3)c(OC)c1Cl. The van der Waals surface area contributed by atoms with Crippen LogP contribution in [-0.4, -0.2) is 14.2 Å². The smallest absolute Gasteiger partial charge is 0.145 e. The lowest BCUT2D eigenvalue weighted by atomic mass is 10.1. The van der Waals surface area contributed by atoms with Gasteiger partial charge in [0.25, 0.3) is 0 Å². The van der Waals surface area contributed by atoms with Crippen molar-refractivity contribution in [3.05, 3.63) is 44.1 Å². The minimum atomic E-state index is 0.0893. The largest absolute Gasteiger partial charge is 0.495 e. The highest BCUT2D eigenvalue weighted by Gasteiger charge is 2.24. The lowest BCUT2D eigenvalue weighted by Gasteiger charge is -2.16. The summed E-state index contributed by atoms with van der Waals surface area (Å²) in [5.41, 5.74) is 2.53. The third-order valence-corrected chi connectivity index (χ3v) is 6.75. The molecule has 112 valence electrons. The number of benzene rings is 1. The van der Waals surface area contributed by atoms with Crippen LogP contribution >= 0.6 is 38.9 Å². The van der Waals surface area contributed by atoms with E-state index in [4.69, 9.17) is 21.1 Å². The molecular formula is C16H16BrClO2S. The van der Waals surface area contributed by atoms with Gasteiger partial charge in [-0.25, -0.2) is 0 Å². The van der Waals surface area contributed by atoms with E-state index in [0.717, 1.165) is 5.56 Å². The number of ether oxygens (including phenoxy) is 2. The van der Waals surface area contributed by atoms with Crippen LogP contribution < -0.4 is 9.47 Å². The van der Waals surface area contributed by atoms with E-state index in [9.17, 15) is 0 Å². The van der Waals surface area contributed by atoms with E-state index >= 15 is 0 Å². The molecule has 0 amide bonds. The summed E-state index contributed by atoms with van der Waals surface area (Å²) < 4.78 is 10.8. The highest BCUT2D eigenvalue weighted by Crippen LogP contribution is 2.46. The van der Waals surface area contributed by atoms with Gasteiger partial charge in [-0.1, -0.05) is 33.6 Å². The van der Waals surface area contributed by atoms with Gasteiger partial charge in [-0.05, 0) is 37.0 Å². The number of hydrogen-bond donors (Lipinski definition) is 0. The molecule has 3 rings (SSSR count). The van der Waals surface area contributed by atoms with Crippen molar-refractivity contribution in [1.82, 2.24) is 0 Å². The van der Waals surface area contributed by atoms with Crippen LogP contribution in [0.15, 0.2) is 18.2 Å². The zero-order chi connectivity index (χ0) is 15.0. The summed E-state index contributed by atoms with van der Waals surface area (Å²) in [5.74, 6) is 1.30. The van der Waals surface area contributed by atoms with Gasteiger partial charge >= 0.3 is 0 Å². The molecule has 1 aromatic carbocycles. The maximum absolute atomic E-state index is 6.35. The van der Waals surface area contributed by atoms with Gasteiger partial charge in [-0.2, -0.15) is 0 Å². The van der Waals surface area contributed by atoms with Crippen LogP contribution in [-0.2, 0) is 12.8 Å². The average molecular weight is 388 g/mol. The molecule has 2 aromatic rings. The average Bonchev–Trinajstić information content (AvgIpc) is 3.07. The van der Waals surface area contributed by atoms with Crippen LogP contribution in [0, 0.1) is 0 Å². The number of methoxy groups -OCH3 is 2. The summed E-state index contributed by atoms with van der Waals surface area (Å²) in [6.45, 7) is 0. The Kier molecular flexibility index (Phi) is 4.48. The van der Waals surface area contributed by atoms with Gasteiger partial charge < -0.3 is 9.47 Å². The quantitative estimate of drug-likeness (QED) is 0.655. The van der Waals surface area contributed by atoms with Crippen molar-refractivity contribution in [2.45, 2.75) is 24.1 Å². The summed E-state index contributed by atoms with van der Waals surface area (Å²) >= 11 is 12.0. The maximum Gasteiger partial charge on any atom is 0.145 e. The van der Waals surface area contributed by atoms with Crippen LogP contribution in [0.25, 0.3) is 0 Å². The van der Waals surface area contributed by atoms with Crippen molar-refractivity contribution in [3.63, 3.8) is 0 Å². The Morgan fingerprint density at radius 1 is 1.24 bits per heavy atom. The van der Waals surface area contributed by atoms with E-state index in [1.807, 2.05) is 23.5 Å². The molecule has 1 heterocycles. The predicted molar refractivity (Wildman–Crippen MR) is 91.7 cm³/mol. The summed E-state index contributed by atoms with van der Waals surface area (Å²) in [6, 6.07) is 6.20. The molecule has 1 atom stereocenters. The van der Waals surface area contributed by atoms with Gasteiger partial charge in [0, 0.05) is 15.3 Å². The third kappa shape index (κ3) is 2.69. The number of thiophene rings is 1. The maximum atomic E-state index is 6.35. The third-order valence-electron chi connectivity index (χ3n) is 3.80. The van der Waals surface area contributed by atoms with Crippen LogP contribution in [0.5, 0.6) is 11.5 Å². The molecule has 0 radical (unpaired) electrons.